The van der Waals surface area contributed by atoms with Gasteiger partial charge in [0.05, 0.1) is 11.6 Å². The average Bonchev–Trinajstić information content (AvgIpc) is 2.57. The van der Waals surface area contributed by atoms with Crippen LogP contribution in [0.2, 0.25) is 0 Å². The van der Waals surface area contributed by atoms with Crippen LogP contribution >= 0.6 is 0 Å². The van der Waals surface area contributed by atoms with E-state index in [9.17, 15) is 18.7 Å². The van der Waals surface area contributed by atoms with Crippen molar-refractivity contribution in [3.05, 3.63) is 75.6 Å². The molecule has 0 amide bonds. The summed E-state index contributed by atoms with van der Waals surface area (Å²) < 4.78 is 26.3. The lowest BCUT2D eigenvalue weighted by atomic mass is 10.1. The zero-order valence-electron chi connectivity index (χ0n) is 12.8. The molecule has 1 atom stereocenters. The Labute approximate surface area is 136 Å². The quantitative estimate of drug-likeness (QED) is 0.720. The van der Waals surface area contributed by atoms with Crippen molar-refractivity contribution in [2.75, 3.05) is 0 Å². The molecule has 0 aliphatic rings. The fourth-order valence-corrected chi connectivity index (χ4v) is 2.46. The predicted molar refractivity (Wildman–Crippen MR) is 88.6 cm³/mol. The van der Waals surface area contributed by atoms with Gasteiger partial charge in [0.1, 0.15) is 0 Å². The number of hydrogen-bond donors (Lipinski definition) is 2. The van der Waals surface area contributed by atoms with E-state index in [-0.39, 0.29) is 5.88 Å². The van der Waals surface area contributed by atoms with Gasteiger partial charge >= 0.3 is 0 Å². The van der Waals surface area contributed by atoms with E-state index in [1.807, 2.05) is 0 Å². The van der Waals surface area contributed by atoms with Crippen LogP contribution in [-0.2, 0) is 0 Å². The number of aromatic amines is 1. The first-order chi connectivity index (χ1) is 11.5. The van der Waals surface area contributed by atoms with Crippen molar-refractivity contribution >= 4 is 17.0 Å². The predicted octanol–water partition coefficient (Wildman–Crippen LogP) is 3.69. The van der Waals surface area contributed by atoms with E-state index in [4.69, 9.17) is 0 Å². The molecule has 24 heavy (non-hydrogen) atoms. The van der Waals surface area contributed by atoms with E-state index in [0.717, 1.165) is 12.1 Å². The van der Waals surface area contributed by atoms with Crippen molar-refractivity contribution in [3.8, 4) is 5.88 Å². The maximum Gasteiger partial charge on any atom is 0.258 e. The molecule has 0 bridgehead atoms. The van der Waals surface area contributed by atoms with Crippen LogP contribution in [0.25, 0.3) is 10.8 Å². The minimum Gasteiger partial charge on any atom is -0.494 e. The molecule has 2 N–H and O–H groups in total. The summed E-state index contributed by atoms with van der Waals surface area (Å²) in [6, 6.07) is 9.94. The summed E-state index contributed by atoms with van der Waals surface area (Å²) in [6.45, 7) is 1.72. The molecule has 0 saturated carbocycles. The average molecular weight is 328 g/mol. The van der Waals surface area contributed by atoms with E-state index < -0.39 is 23.2 Å². The maximum atomic E-state index is 13.3. The highest BCUT2D eigenvalue weighted by molar-refractivity contribution is 6.01. The van der Waals surface area contributed by atoms with Crippen molar-refractivity contribution in [2.45, 2.75) is 13.0 Å². The number of fused-ring (bicyclic) bond motifs is 1. The first-order valence-electron chi connectivity index (χ1n) is 7.29. The van der Waals surface area contributed by atoms with Crippen molar-refractivity contribution < 1.29 is 13.9 Å². The van der Waals surface area contributed by atoms with E-state index >= 15 is 0 Å². The molecule has 0 fully saturated rings. The van der Waals surface area contributed by atoms with Gasteiger partial charge in [-0.1, -0.05) is 24.3 Å². The minimum atomic E-state index is -0.938. The van der Waals surface area contributed by atoms with E-state index in [1.165, 1.54) is 12.3 Å². The Bertz CT molecular complexity index is 996. The standard InChI is InChI=1S/C18H14F2N2O2/c1-10(11-6-7-15(19)16(20)8-11)21-9-14-12-4-2-3-5-13(12)17(23)22-18(14)24/h2-10H,1H3,(H2,22,23,24). The van der Waals surface area contributed by atoms with E-state index in [1.54, 1.807) is 31.2 Å². The lowest BCUT2D eigenvalue weighted by Gasteiger charge is -2.08. The highest BCUT2D eigenvalue weighted by Gasteiger charge is 2.11. The molecule has 3 aromatic rings. The molecule has 0 aliphatic heterocycles. The first kappa shape index (κ1) is 15.9. The second-order valence-corrected chi connectivity index (χ2v) is 5.39. The summed E-state index contributed by atoms with van der Waals surface area (Å²) in [5.74, 6) is -2.15. The van der Waals surface area contributed by atoms with Gasteiger partial charge in [0.15, 0.2) is 11.6 Å². The Morgan fingerprint density at radius 2 is 1.83 bits per heavy atom. The molecule has 1 heterocycles. The van der Waals surface area contributed by atoms with E-state index in [2.05, 4.69) is 9.98 Å². The third-order valence-electron chi connectivity index (χ3n) is 3.80. The van der Waals surface area contributed by atoms with Crippen molar-refractivity contribution in [1.82, 2.24) is 4.98 Å². The molecular formula is C18H14F2N2O2. The SMILES string of the molecule is CC(N=Cc1c(O)[nH]c(=O)c2ccccc12)c1ccc(F)c(F)c1. The second kappa shape index (κ2) is 6.23. The van der Waals surface area contributed by atoms with Crippen molar-refractivity contribution in [3.63, 3.8) is 0 Å². The van der Waals surface area contributed by atoms with Gasteiger partial charge in [0.2, 0.25) is 5.88 Å². The summed E-state index contributed by atoms with van der Waals surface area (Å²) in [6.07, 6.45) is 1.42. The number of pyridine rings is 1. The van der Waals surface area contributed by atoms with Gasteiger partial charge in [-0.3, -0.25) is 14.8 Å². The minimum absolute atomic E-state index is 0.292. The highest BCUT2D eigenvalue weighted by atomic mass is 19.2. The molecule has 0 saturated heterocycles. The Hall–Kier alpha value is -3.02. The normalized spacial score (nSPS) is 12.8. The van der Waals surface area contributed by atoms with Crippen LogP contribution in [0.5, 0.6) is 5.88 Å². The monoisotopic (exact) mass is 328 g/mol. The molecule has 0 radical (unpaired) electrons. The Morgan fingerprint density at radius 3 is 2.54 bits per heavy atom. The number of nitrogens with one attached hydrogen (secondary N) is 1. The fourth-order valence-electron chi connectivity index (χ4n) is 2.46. The van der Waals surface area contributed by atoms with Crippen LogP contribution < -0.4 is 5.56 Å². The number of aliphatic imine (C=N–C) groups is 1. The lowest BCUT2D eigenvalue weighted by molar-refractivity contribution is 0.452. The molecule has 6 heteroatoms. The summed E-state index contributed by atoms with van der Waals surface area (Å²) in [7, 11) is 0. The molecule has 1 unspecified atom stereocenters. The van der Waals surface area contributed by atoms with Crippen LogP contribution in [0.15, 0.2) is 52.3 Å². The molecular weight excluding hydrogens is 314 g/mol. The molecule has 1 aromatic heterocycles. The maximum absolute atomic E-state index is 13.3. The van der Waals surface area contributed by atoms with Crippen molar-refractivity contribution in [2.24, 2.45) is 4.99 Å². The Morgan fingerprint density at radius 1 is 1.12 bits per heavy atom. The number of nitrogens with zero attached hydrogens (tertiary/aromatic N) is 1. The summed E-state index contributed by atoms with van der Waals surface area (Å²) in [5.41, 5.74) is 0.465. The molecule has 3 rings (SSSR count). The molecule has 122 valence electrons. The fraction of sp³-hybridized carbons (Fsp3) is 0.111. The van der Waals surface area contributed by atoms with Crippen LogP contribution in [0.4, 0.5) is 8.78 Å². The number of H-pyrrole nitrogens is 1. The third kappa shape index (κ3) is 2.90. The number of halogens is 2. The van der Waals surface area contributed by atoms with Gasteiger partial charge in [-0.05, 0) is 30.7 Å². The molecule has 0 aliphatic carbocycles. The summed E-state index contributed by atoms with van der Waals surface area (Å²) in [4.78, 5) is 18.5. The smallest absolute Gasteiger partial charge is 0.258 e. The number of aromatic hydroxyl groups is 1. The first-order valence-corrected chi connectivity index (χ1v) is 7.29. The van der Waals surface area contributed by atoms with Gasteiger partial charge in [-0.25, -0.2) is 8.78 Å². The number of aromatic nitrogens is 1. The van der Waals surface area contributed by atoms with Crippen LogP contribution in [0.1, 0.15) is 24.1 Å². The zero-order valence-corrected chi connectivity index (χ0v) is 12.8. The van der Waals surface area contributed by atoms with E-state index in [0.29, 0.717) is 21.9 Å². The highest BCUT2D eigenvalue weighted by Crippen LogP contribution is 2.23. The summed E-state index contributed by atoms with van der Waals surface area (Å²) in [5, 5.41) is 11.0. The van der Waals surface area contributed by atoms with Crippen LogP contribution in [-0.4, -0.2) is 16.3 Å². The topological polar surface area (TPSA) is 65.5 Å². The van der Waals surface area contributed by atoms with Gasteiger partial charge in [-0.2, -0.15) is 0 Å². The Balaban J connectivity index is 2.01. The Kier molecular flexibility index (Phi) is 4.12. The van der Waals surface area contributed by atoms with Gasteiger partial charge in [0.25, 0.3) is 5.56 Å². The number of rotatable bonds is 3. The zero-order chi connectivity index (χ0) is 17.3. The third-order valence-corrected chi connectivity index (χ3v) is 3.80. The summed E-state index contributed by atoms with van der Waals surface area (Å²) >= 11 is 0. The van der Waals surface area contributed by atoms with Gasteiger partial charge in [0, 0.05) is 17.0 Å². The van der Waals surface area contributed by atoms with Gasteiger partial charge in [-0.15, -0.1) is 0 Å². The molecule has 4 nitrogen and oxygen atoms in total. The number of hydrogen-bond acceptors (Lipinski definition) is 3. The van der Waals surface area contributed by atoms with Gasteiger partial charge < -0.3 is 5.11 Å². The largest absolute Gasteiger partial charge is 0.494 e. The van der Waals surface area contributed by atoms with Crippen LogP contribution in [0, 0.1) is 11.6 Å². The molecule has 2 aromatic carbocycles. The second-order valence-electron chi connectivity index (χ2n) is 5.39. The van der Waals surface area contributed by atoms with Crippen LogP contribution in [0.3, 0.4) is 0 Å². The van der Waals surface area contributed by atoms with Crippen molar-refractivity contribution in [1.29, 1.82) is 0 Å². The lowest BCUT2D eigenvalue weighted by Crippen LogP contribution is -2.08. The number of benzene rings is 2. The molecule has 0 spiro atoms.